The highest BCUT2D eigenvalue weighted by atomic mass is 32.2. The van der Waals surface area contributed by atoms with Gasteiger partial charge in [0, 0.05) is 5.39 Å². The van der Waals surface area contributed by atoms with Gasteiger partial charge in [0.2, 0.25) is 0 Å². The molecule has 0 spiro atoms. The molecule has 0 saturated heterocycles. The first kappa shape index (κ1) is 12.2. The topological polar surface area (TPSA) is 50.2 Å². The first-order chi connectivity index (χ1) is 9.24. The van der Waals surface area contributed by atoms with Crippen molar-refractivity contribution in [2.24, 2.45) is 0 Å². The normalized spacial score (nSPS) is 10.7. The van der Waals surface area contributed by atoms with Gasteiger partial charge in [-0.2, -0.15) is 0 Å². The lowest BCUT2D eigenvalue weighted by molar-refractivity contribution is 0.0690. The van der Waals surface area contributed by atoms with Crippen LogP contribution in [0, 0.1) is 0 Å². The first-order valence-electron chi connectivity index (χ1n) is 5.58. The number of rotatable bonds is 3. The van der Waals surface area contributed by atoms with Gasteiger partial charge in [-0.15, -0.1) is 11.3 Å². The Bertz CT molecular complexity index is 738. The van der Waals surface area contributed by atoms with Crippen LogP contribution in [0.2, 0.25) is 0 Å². The molecule has 19 heavy (non-hydrogen) atoms. The average molecular weight is 287 g/mol. The third-order valence-electron chi connectivity index (χ3n) is 2.62. The van der Waals surface area contributed by atoms with Crippen molar-refractivity contribution in [1.82, 2.24) is 4.98 Å². The van der Waals surface area contributed by atoms with Gasteiger partial charge < -0.3 is 5.11 Å². The molecule has 0 bridgehead atoms. The van der Waals surface area contributed by atoms with Crippen molar-refractivity contribution in [1.29, 1.82) is 0 Å². The Morgan fingerprint density at radius 3 is 2.79 bits per heavy atom. The number of fused-ring (bicyclic) bond motifs is 1. The summed E-state index contributed by atoms with van der Waals surface area (Å²) in [6.07, 6.45) is 0. The lowest BCUT2D eigenvalue weighted by atomic mass is 10.1. The fourth-order valence-corrected chi connectivity index (χ4v) is 3.59. The van der Waals surface area contributed by atoms with Crippen molar-refractivity contribution in [2.75, 3.05) is 0 Å². The number of carbonyl (C=O) groups is 1. The van der Waals surface area contributed by atoms with E-state index in [-0.39, 0.29) is 5.69 Å². The standard InChI is InChI=1S/C14H9NO2S2/c16-14(17)11-8-9-4-1-2-5-10(9)13(15-11)19-12-6-3-7-18-12/h1-8H,(H,16,17). The van der Waals surface area contributed by atoms with Crippen molar-refractivity contribution in [3.8, 4) is 0 Å². The molecule has 0 atom stereocenters. The molecular formula is C14H9NO2S2. The van der Waals surface area contributed by atoms with Gasteiger partial charge in [-0.05, 0) is 22.9 Å². The van der Waals surface area contributed by atoms with E-state index in [0.29, 0.717) is 0 Å². The molecule has 0 saturated carbocycles. The van der Waals surface area contributed by atoms with E-state index in [2.05, 4.69) is 4.98 Å². The largest absolute Gasteiger partial charge is 0.477 e. The zero-order valence-corrected chi connectivity index (χ0v) is 11.4. The maximum Gasteiger partial charge on any atom is 0.354 e. The van der Waals surface area contributed by atoms with Crippen LogP contribution in [0.15, 0.2) is 57.1 Å². The summed E-state index contributed by atoms with van der Waals surface area (Å²) in [7, 11) is 0. The summed E-state index contributed by atoms with van der Waals surface area (Å²) in [5.74, 6) is -1.00. The fraction of sp³-hybridized carbons (Fsp3) is 0. The number of carboxylic acid groups (broad SMARTS) is 1. The highest BCUT2D eigenvalue weighted by Crippen LogP contribution is 2.34. The molecule has 3 rings (SSSR count). The third-order valence-corrected chi connectivity index (χ3v) is 4.66. The van der Waals surface area contributed by atoms with Crippen molar-refractivity contribution in [3.05, 3.63) is 53.5 Å². The molecule has 3 aromatic rings. The Morgan fingerprint density at radius 2 is 2.05 bits per heavy atom. The first-order valence-corrected chi connectivity index (χ1v) is 7.28. The fourth-order valence-electron chi connectivity index (χ4n) is 1.77. The van der Waals surface area contributed by atoms with Gasteiger partial charge in [0.05, 0.1) is 4.21 Å². The zero-order valence-electron chi connectivity index (χ0n) is 9.74. The van der Waals surface area contributed by atoms with Gasteiger partial charge in [-0.3, -0.25) is 0 Å². The van der Waals surface area contributed by atoms with Gasteiger partial charge in [0.25, 0.3) is 0 Å². The number of benzene rings is 1. The maximum atomic E-state index is 11.1. The lowest BCUT2D eigenvalue weighted by Crippen LogP contribution is -2.01. The predicted molar refractivity (Wildman–Crippen MR) is 77.1 cm³/mol. The minimum absolute atomic E-state index is 0.0813. The van der Waals surface area contributed by atoms with E-state index < -0.39 is 5.97 Å². The smallest absolute Gasteiger partial charge is 0.354 e. The van der Waals surface area contributed by atoms with E-state index in [0.717, 1.165) is 20.0 Å². The monoisotopic (exact) mass is 287 g/mol. The molecule has 2 aromatic heterocycles. The van der Waals surface area contributed by atoms with Crippen molar-refractivity contribution in [2.45, 2.75) is 9.24 Å². The summed E-state index contributed by atoms with van der Waals surface area (Å²) in [5, 5.41) is 13.7. The number of hydrogen-bond donors (Lipinski definition) is 1. The van der Waals surface area contributed by atoms with Crippen LogP contribution in [0.25, 0.3) is 10.8 Å². The van der Waals surface area contributed by atoms with Crippen LogP contribution in [0.4, 0.5) is 0 Å². The van der Waals surface area contributed by atoms with E-state index in [4.69, 9.17) is 5.11 Å². The van der Waals surface area contributed by atoms with Gasteiger partial charge >= 0.3 is 5.97 Å². The van der Waals surface area contributed by atoms with Gasteiger partial charge in [0.15, 0.2) is 0 Å². The second-order valence-corrected chi connectivity index (χ2v) is 6.11. The molecule has 0 aliphatic rings. The number of aromatic carboxylic acids is 1. The molecule has 0 unspecified atom stereocenters. The van der Waals surface area contributed by atoms with E-state index in [1.807, 2.05) is 41.8 Å². The summed E-state index contributed by atoms with van der Waals surface area (Å²) in [6, 6.07) is 13.3. The molecule has 1 aromatic carbocycles. The molecule has 0 aliphatic heterocycles. The second kappa shape index (κ2) is 5.03. The summed E-state index contributed by atoms with van der Waals surface area (Å²) in [4.78, 5) is 15.4. The van der Waals surface area contributed by atoms with E-state index in [1.54, 1.807) is 17.4 Å². The number of pyridine rings is 1. The molecule has 5 heteroatoms. The van der Waals surface area contributed by atoms with E-state index in [1.165, 1.54) is 11.8 Å². The minimum Gasteiger partial charge on any atom is -0.477 e. The number of nitrogens with zero attached hydrogens (tertiary/aromatic N) is 1. The highest BCUT2D eigenvalue weighted by molar-refractivity contribution is 8.01. The molecule has 2 heterocycles. The van der Waals surface area contributed by atoms with Crippen LogP contribution in [-0.4, -0.2) is 16.1 Å². The third kappa shape index (κ3) is 2.47. The molecule has 3 nitrogen and oxygen atoms in total. The minimum atomic E-state index is -1.00. The van der Waals surface area contributed by atoms with E-state index >= 15 is 0 Å². The number of carboxylic acids is 1. The lowest BCUT2D eigenvalue weighted by Gasteiger charge is -2.06. The Balaban J connectivity index is 2.17. The molecular weight excluding hydrogens is 278 g/mol. The van der Waals surface area contributed by atoms with Crippen LogP contribution < -0.4 is 0 Å². The molecule has 1 N–H and O–H groups in total. The zero-order chi connectivity index (χ0) is 13.2. The summed E-state index contributed by atoms with van der Waals surface area (Å²) in [6.45, 7) is 0. The van der Waals surface area contributed by atoms with Gasteiger partial charge in [-0.25, -0.2) is 9.78 Å². The Morgan fingerprint density at radius 1 is 1.21 bits per heavy atom. The van der Waals surface area contributed by atoms with Crippen molar-refractivity contribution < 1.29 is 9.90 Å². The average Bonchev–Trinajstić information content (AvgIpc) is 2.91. The van der Waals surface area contributed by atoms with E-state index in [9.17, 15) is 4.79 Å². The van der Waals surface area contributed by atoms with Crippen LogP contribution in [-0.2, 0) is 0 Å². The SMILES string of the molecule is O=C(O)c1cc2ccccc2c(Sc2cccs2)n1. The maximum absolute atomic E-state index is 11.1. The van der Waals surface area contributed by atoms with Crippen molar-refractivity contribution in [3.63, 3.8) is 0 Å². The van der Waals surface area contributed by atoms with Crippen molar-refractivity contribution >= 4 is 39.8 Å². The van der Waals surface area contributed by atoms with Crippen LogP contribution in [0.1, 0.15) is 10.5 Å². The molecule has 94 valence electrons. The van der Waals surface area contributed by atoms with Crippen LogP contribution >= 0.6 is 23.1 Å². The Kier molecular flexibility index (Phi) is 3.23. The van der Waals surface area contributed by atoms with Gasteiger partial charge in [0.1, 0.15) is 10.7 Å². The molecule has 0 aliphatic carbocycles. The second-order valence-electron chi connectivity index (χ2n) is 3.87. The Hall–Kier alpha value is -1.85. The summed E-state index contributed by atoms with van der Waals surface area (Å²) >= 11 is 3.12. The van der Waals surface area contributed by atoms with Crippen LogP contribution in [0.3, 0.4) is 0 Å². The Labute approximate surface area is 117 Å². The molecule has 0 fully saturated rings. The number of hydrogen-bond acceptors (Lipinski definition) is 4. The summed E-state index contributed by atoms with van der Waals surface area (Å²) in [5.41, 5.74) is 0.0813. The quantitative estimate of drug-likeness (QED) is 0.786. The van der Waals surface area contributed by atoms with Gasteiger partial charge in [-0.1, -0.05) is 42.1 Å². The number of aromatic nitrogens is 1. The molecule has 0 radical (unpaired) electrons. The number of thiophene rings is 1. The highest BCUT2D eigenvalue weighted by Gasteiger charge is 2.12. The molecule has 0 amide bonds. The summed E-state index contributed by atoms with van der Waals surface area (Å²) < 4.78 is 1.10. The predicted octanol–water partition coefficient (Wildman–Crippen LogP) is 4.15. The van der Waals surface area contributed by atoms with Crippen LogP contribution in [0.5, 0.6) is 0 Å².